The number of aromatic nitrogens is 2. The second-order valence-electron chi connectivity index (χ2n) is 4.88. The topological polar surface area (TPSA) is 65.2 Å². The highest BCUT2D eigenvalue weighted by molar-refractivity contribution is 6.30. The molecule has 0 aliphatic carbocycles. The minimum atomic E-state index is -0.582. The van der Waals surface area contributed by atoms with Gasteiger partial charge in [0.25, 0.3) is 0 Å². The molecule has 6 heteroatoms. The van der Waals surface area contributed by atoms with E-state index in [-0.39, 0.29) is 12.5 Å². The van der Waals surface area contributed by atoms with E-state index in [1.165, 1.54) is 5.56 Å². The number of nitrogens with zero attached hydrogens (tertiary/aromatic N) is 2. The van der Waals surface area contributed by atoms with Crippen molar-refractivity contribution in [3.63, 3.8) is 0 Å². The van der Waals surface area contributed by atoms with Crippen LogP contribution in [0.2, 0.25) is 5.02 Å². The number of ether oxygens (including phenoxy) is 1. The predicted octanol–water partition coefficient (Wildman–Crippen LogP) is 3.32. The maximum Gasteiger partial charge on any atom is 0.397 e. The highest BCUT2D eigenvalue weighted by atomic mass is 35.5. The van der Waals surface area contributed by atoms with Crippen LogP contribution in [0.5, 0.6) is 0 Å². The molecule has 2 aromatic rings. The summed E-state index contributed by atoms with van der Waals surface area (Å²) in [7, 11) is 0. The SMILES string of the molecule is CCOC(=O)c1nc(C[C@@H](C)Cc2ccc(Cl)cc2)no1. The number of halogens is 1. The van der Waals surface area contributed by atoms with Gasteiger partial charge in [-0.1, -0.05) is 35.8 Å². The van der Waals surface area contributed by atoms with Crippen molar-refractivity contribution in [1.82, 2.24) is 10.1 Å². The zero-order valence-corrected chi connectivity index (χ0v) is 12.8. The molecule has 0 unspecified atom stereocenters. The molecular formula is C15H17ClN2O3. The summed E-state index contributed by atoms with van der Waals surface area (Å²) >= 11 is 5.86. The molecule has 112 valence electrons. The van der Waals surface area contributed by atoms with Gasteiger partial charge in [-0.3, -0.25) is 0 Å². The van der Waals surface area contributed by atoms with Gasteiger partial charge in [0.15, 0.2) is 5.82 Å². The first-order valence-corrected chi connectivity index (χ1v) is 7.20. The van der Waals surface area contributed by atoms with Crippen LogP contribution in [0.15, 0.2) is 28.8 Å². The van der Waals surface area contributed by atoms with E-state index in [2.05, 4.69) is 17.1 Å². The lowest BCUT2D eigenvalue weighted by Gasteiger charge is -2.08. The molecule has 0 spiro atoms. The lowest BCUT2D eigenvalue weighted by molar-refractivity contribution is 0.0470. The molecule has 0 saturated heterocycles. The predicted molar refractivity (Wildman–Crippen MR) is 78.3 cm³/mol. The Morgan fingerprint density at radius 1 is 1.33 bits per heavy atom. The summed E-state index contributed by atoms with van der Waals surface area (Å²) < 4.78 is 9.70. The van der Waals surface area contributed by atoms with Crippen LogP contribution in [0.1, 0.15) is 35.9 Å². The Morgan fingerprint density at radius 2 is 2.05 bits per heavy atom. The monoisotopic (exact) mass is 308 g/mol. The Bertz CT molecular complexity index is 595. The molecule has 0 bridgehead atoms. The van der Waals surface area contributed by atoms with E-state index in [1.807, 2.05) is 24.3 Å². The van der Waals surface area contributed by atoms with Gasteiger partial charge in [0.1, 0.15) is 0 Å². The van der Waals surface area contributed by atoms with Crippen LogP contribution in [-0.4, -0.2) is 22.7 Å². The van der Waals surface area contributed by atoms with Crippen LogP contribution in [-0.2, 0) is 17.6 Å². The van der Waals surface area contributed by atoms with E-state index >= 15 is 0 Å². The fraction of sp³-hybridized carbons (Fsp3) is 0.400. The highest BCUT2D eigenvalue weighted by Crippen LogP contribution is 2.15. The zero-order chi connectivity index (χ0) is 15.2. The summed E-state index contributed by atoms with van der Waals surface area (Å²) in [5, 5.41) is 4.53. The van der Waals surface area contributed by atoms with Crippen molar-refractivity contribution in [3.05, 3.63) is 46.6 Å². The lowest BCUT2D eigenvalue weighted by atomic mass is 9.98. The van der Waals surface area contributed by atoms with E-state index in [0.29, 0.717) is 18.2 Å². The van der Waals surface area contributed by atoms with E-state index < -0.39 is 5.97 Å². The molecule has 0 N–H and O–H groups in total. The first kappa shape index (κ1) is 15.5. The van der Waals surface area contributed by atoms with Crippen molar-refractivity contribution in [2.75, 3.05) is 6.61 Å². The molecule has 0 fully saturated rings. The van der Waals surface area contributed by atoms with Gasteiger partial charge in [-0.15, -0.1) is 0 Å². The number of esters is 1. The largest absolute Gasteiger partial charge is 0.459 e. The first-order chi connectivity index (χ1) is 10.1. The fourth-order valence-corrected chi connectivity index (χ4v) is 2.15. The molecule has 1 aromatic heterocycles. The van der Waals surface area contributed by atoms with Crippen LogP contribution in [0.25, 0.3) is 0 Å². The summed E-state index contributed by atoms with van der Waals surface area (Å²) in [6.45, 7) is 4.10. The van der Waals surface area contributed by atoms with Crippen LogP contribution in [0, 0.1) is 5.92 Å². The number of carbonyl (C=O) groups excluding carboxylic acids is 1. The van der Waals surface area contributed by atoms with Crippen LogP contribution in [0.3, 0.4) is 0 Å². The van der Waals surface area contributed by atoms with Crippen molar-refractivity contribution in [1.29, 1.82) is 0 Å². The maximum atomic E-state index is 11.4. The van der Waals surface area contributed by atoms with Gasteiger partial charge in [0, 0.05) is 11.4 Å². The summed E-state index contributed by atoms with van der Waals surface area (Å²) in [6, 6.07) is 7.74. The fourth-order valence-electron chi connectivity index (χ4n) is 2.02. The third-order valence-corrected chi connectivity index (χ3v) is 3.20. The summed E-state index contributed by atoms with van der Waals surface area (Å²) in [4.78, 5) is 15.5. The molecule has 21 heavy (non-hydrogen) atoms. The highest BCUT2D eigenvalue weighted by Gasteiger charge is 2.17. The normalized spacial score (nSPS) is 12.1. The first-order valence-electron chi connectivity index (χ1n) is 6.82. The third-order valence-electron chi connectivity index (χ3n) is 2.95. The standard InChI is InChI=1S/C15H17ClN2O3/c1-3-20-15(19)14-17-13(18-21-14)9-10(2)8-11-4-6-12(16)7-5-11/h4-7,10H,3,8-9H2,1-2H3/t10-/m0/s1. The second kappa shape index (κ2) is 7.22. The summed E-state index contributed by atoms with van der Waals surface area (Å²) in [5.41, 5.74) is 1.20. The molecule has 0 saturated carbocycles. The van der Waals surface area contributed by atoms with Crippen LogP contribution < -0.4 is 0 Å². The third kappa shape index (κ3) is 4.56. The Kier molecular flexibility index (Phi) is 5.33. The van der Waals surface area contributed by atoms with Crippen LogP contribution in [0.4, 0.5) is 0 Å². The van der Waals surface area contributed by atoms with Crippen molar-refractivity contribution in [2.24, 2.45) is 5.92 Å². The minimum Gasteiger partial charge on any atom is -0.459 e. The average molecular weight is 309 g/mol. The smallest absolute Gasteiger partial charge is 0.397 e. The number of hydrogen-bond acceptors (Lipinski definition) is 5. The van der Waals surface area contributed by atoms with E-state index in [4.69, 9.17) is 20.9 Å². The Hall–Kier alpha value is -1.88. The van der Waals surface area contributed by atoms with Gasteiger partial charge in [0.05, 0.1) is 6.61 Å². The van der Waals surface area contributed by atoms with Gasteiger partial charge in [-0.25, -0.2) is 4.79 Å². The van der Waals surface area contributed by atoms with Gasteiger partial charge in [0.2, 0.25) is 0 Å². The number of carbonyl (C=O) groups is 1. The molecule has 1 atom stereocenters. The van der Waals surface area contributed by atoms with Crippen LogP contribution >= 0.6 is 11.6 Å². The van der Waals surface area contributed by atoms with Crippen molar-refractivity contribution in [3.8, 4) is 0 Å². The number of hydrogen-bond donors (Lipinski definition) is 0. The van der Waals surface area contributed by atoms with Crippen molar-refractivity contribution >= 4 is 17.6 Å². The lowest BCUT2D eigenvalue weighted by Crippen LogP contribution is -2.07. The molecule has 0 aliphatic heterocycles. The van der Waals surface area contributed by atoms with Gasteiger partial charge >= 0.3 is 11.9 Å². The summed E-state index contributed by atoms with van der Waals surface area (Å²) in [5.74, 6) is 0.158. The van der Waals surface area contributed by atoms with E-state index in [1.54, 1.807) is 6.92 Å². The summed E-state index contributed by atoms with van der Waals surface area (Å²) in [6.07, 6.45) is 1.51. The Labute approximate surface area is 128 Å². The molecule has 1 heterocycles. The van der Waals surface area contributed by atoms with Gasteiger partial charge in [-0.05, 0) is 37.0 Å². The maximum absolute atomic E-state index is 11.4. The van der Waals surface area contributed by atoms with Gasteiger partial charge in [-0.2, -0.15) is 4.98 Å². The molecule has 0 radical (unpaired) electrons. The molecule has 5 nitrogen and oxygen atoms in total. The van der Waals surface area contributed by atoms with E-state index in [0.717, 1.165) is 11.4 Å². The number of rotatable bonds is 6. The second-order valence-corrected chi connectivity index (χ2v) is 5.31. The molecule has 1 aromatic carbocycles. The van der Waals surface area contributed by atoms with Crippen molar-refractivity contribution < 1.29 is 14.1 Å². The van der Waals surface area contributed by atoms with E-state index in [9.17, 15) is 4.79 Å². The average Bonchev–Trinajstić information content (AvgIpc) is 2.90. The number of benzene rings is 1. The molecule has 2 rings (SSSR count). The quantitative estimate of drug-likeness (QED) is 0.766. The minimum absolute atomic E-state index is 0.0921. The zero-order valence-electron chi connectivity index (χ0n) is 12.0. The molecule has 0 amide bonds. The Balaban J connectivity index is 1.92. The van der Waals surface area contributed by atoms with Crippen molar-refractivity contribution in [2.45, 2.75) is 26.7 Å². The molecule has 0 aliphatic rings. The van der Waals surface area contributed by atoms with Gasteiger partial charge < -0.3 is 9.26 Å². The Morgan fingerprint density at radius 3 is 2.71 bits per heavy atom. The molecular weight excluding hydrogens is 292 g/mol.